The van der Waals surface area contributed by atoms with E-state index in [1.54, 1.807) is 0 Å². The molecule has 0 radical (unpaired) electrons. The first kappa shape index (κ1) is 16.2. The van der Waals surface area contributed by atoms with Gasteiger partial charge >= 0.3 is 0 Å². The zero-order valence-corrected chi connectivity index (χ0v) is 14.7. The molecule has 3 aromatic rings. The van der Waals surface area contributed by atoms with Gasteiger partial charge in [0.2, 0.25) is 0 Å². The predicted molar refractivity (Wildman–Crippen MR) is 100 cm³/mol. The van der Waals surface area contributed by atoms with Gasteiger partial charge in [-0.15, -0.1) is 9.94 Å². The van der Waals surface area contributed by atoms with Gasteiger partial charge in [0.1, 0.15) is 0 Å². The average molecular weight is 335 g/mol. The van der Waals surface area contributed by atoms with Gasteiger partial charge in [0.05, 0.1) is 11.9 Å². The molecule has 0 aliphatic carbocycles. The van der Waals surface area contributed by atoms with Crippen LogP contribution < -0.4 is 0 Å². The van der Waals surface area contributed by atoms with E-state index in [-0.39, 0.29) is 0 Å². The van der Waals surface area contributed by atoms with Gasteiger partial charge in [-0.1, -0.05) is 49.4 Å². The van der Waals surface area contributed by atoms with Crippen molar-refractivity contribution in [2.24, 2.45) is 0 Å². The van der Waals surface area contributed by atoms with Gasteiger partial charge in [0.25, 0.3) is 0 Å². The van der Waals surface area contributed by atoms with Crippen molar-refractivity contribution >= 4 is 10.8 Å². The van der Waals surface area contributed by atoms with Crippen molar-refractivity contribution in [2.75, 3.05) is 19.6 Å². The summed E-state index contributed by atoms with van der Waals surface area (Å²) in [7, 11) is 0. The van der Waals surface area contributed by atoms with Crippen LogP contribution in [0.4, 0.5) is 0 Å². The molecule has 4 rings (SSSR count). The van der Waals surface area contributed by atoms with Crippen molar-refractivity contribution < 1.29 is 5.21 Å². The number of likely N-dealkylation sites (tertiary alicyclic amines) is 1. The molecule has 0 unspecified atom stereocenters. The summed E-state index contributed by atoms with van der Waals surface area (Å²) in [5.74, 6) is 0.499. The topological polar surface area (TPSA) is 41.3 Å². The van der Waals surface area contributed by atoms with Gasteiger partial charge in [-0.3, -0.25) is 0 Å². The molecular weight excluding hydrogens is 310 g/mol. The van der Waals surface area contributed by atoms with Crippen molar-refractivity contribution in [3.8, 4) is 0 Å². The Kier molecular flexibility index (Phi) is 4.45. The minimum Gasteiger partial charge on any atom is -0.412 e. The molecule has 0 saturated carbocycles. The van der Waals surface area contributed by atoms with Crippen LogP contribution in [0.15, 0.2) is 48.7 Å². The normalized spacial score (nSPS) is 16.5. The number of hydrogen-bond acceptors (Lipinski definition) is 3. The minimum atomic E-state index is 0.499. The molecule has 0 bridgehead atoms. The Morgan fingerprint density at radius 3 is 2.60 bits per heavy atom. The third-order valence-electron chi connectivity index (χ3n) is 5.47. The number of aromatic nitrogens is 2. The lowest BCUT2D eigenvalue weighted by atomic mass is 9.88. The van der Waals surface area contributed by atoms with Crippen LogP contribution in [0, 0.1) is 0 Å². The van der Waals surface area contributed by atoms with E-state index in [2.05, 4.69) is 59.4 Å². The molecule has 4 nitrogen and oxygen atoms in total. The van der Waals surface area contributed by atoms with Crippen molar-refractivity contribution in [2.45, 2.75) is 32.1 Å². The maximum atomic E-state index is 9.91. The number of rotatable bonds is 4. The fourth-order valence-corrected chi connectivity index (χ4v) is 3.99. The Labute approximate surface area is 148 Å². The Morgan fingerprint density at radius 2 is 1.84 bits per heavy atom. The van der Waals surface area contributed by atoms with Gasteiger partial charge in [-0.2, -0.15) is 0 Å². The number of nitrogens with zero attached hydrogens (tertiary/aromatic N) is 3. The molecular formula is C21H25N3O. The number of piperidine rings is 1. The standard InChI is InChI=1S/C21H25N3O/c1-2-23-11-9-18(10-12-23)20-15-24(25)22-21(20)14-16-7-8-17-5-3-4-6-19(17)13-16/h3-8,13,15,18,25H,2,9-12,14H2,1H3. The fourth-order valence-electron chi connectivity index (χ4n) is 3.99. The molecule has 1 saturated heterocycles. The smallest absolute Gasteiger partial charge is 0.0738 e. The van der Waals surface area contributed by atoms with E-state index < -0.39 is 0 Å². The van der Waals surface area contributed by atoms with Gasteiger partial charge in [0, 0.05) is 12.0 Å². The second-order valence-electron chi connectivity index (χ2n) is 7.02. The first-order valence-corrected chi connectivity index (χ1v) is 9.20. The summed E-state index contributed by atoms with van der Waals surface area (Å²) >= 11 is 0. The van der Waals surface area contributed by atoms with E-state index in [1.807, 2.05) is 6.20 Å². The highest BCUT2D eigenvalue weighted by atomic mass is 16.5. The van der Waals surface area contributed by atoms with Gasteiger partial charge in [0.15, 0.2) is 0 Å². The van der Waals surface area contributed by atoms with Crippen LogP contribution in [0.25, 0.3) is 10.8 Å². The van der Waals surface area contributed by atoms with Crippen molar-refractivity contribution in [1.29, 1.82) is 0 Å². The molecule has 1 fully saturated rings. The molecule has 25 heavy (non-hydrogen) atoms. The second-order valence-corrected chi connectivity index (χ2v) is 7.02. The molecule has 0 spiro atoms. The lowest BCUT2D eigenvalue weighted by molar-refractivity contribution is 0.147. The lowest BCUT2D eigenvalue weighted by Gasteiger charge is -2.30. The third kappa shape index (κ3) is 3.40. The Morgan fingerprint density at radius 1 is 1.08 bits per heavy atom. The summed E-state index contributed by atoms with van der Waals surface area (Å²) < 4.78 is 0. The highest BCUT2D eigenvalue weighted by Gasteiger charge is 2.24. The maximum absolute atomic E-state index is 9.91. The maximum Gasteiger partial charge on any atom is 0.0738 e. The van der Waals surface area contributed by atoms with Crippen LogP contribution in [0.2, 0.25) is 0 Å². The summed E-state index contributed by atoms with van der Waals surface area (Å²) in [5.41, 5.74) is 3.46. The Bertz CT molecular complexity index is 862. The molecule has 1 aliphatic rings. The van der Waals surface area contributed by atoms with Crippen molar-refractivity contribution in [1.82, 2.24) is 14.8 Å². The summed E-state index contributed by atoms with van der Waals surface area (Å²) in [6, 6.07) is 15.0. The quantitative estimate of drug-likeness (QED) is 0.731. The highest BCUT2D eigenvalue weighted by molar-refractivity contribution is 5.83. The first-order chi connectivity index (χ1) is 12.2. The largest absolute Gasteiger partial charge is 0.412 e. The molecule has 0 atom stereocenters. The zero-order chi connectivity index (χ0) is 17.2. The van der Waals surface area contributed by atoms with Crippen LogP contribution in [0.3, 0.4) is 0 Å². The van der Waals surface area contributed by atoms with E-state index in [4.69, 9.17) is 0 Å². The highest BCUT2D eigenvalue weighted by Crippen LogP contribution is 2.31. The lowest BCUT2D eigenvalue weighted by Crippen LogP contribution is -2.32. The minimum absolute atomic E-state index is 0.499. The van der Waals surface area contributed by atoms with Gasteiger partial charge in [-0.05, 0) is 54.7 Å². The Hall–Kier alpha value is -2.33. The SMILES string of the molecule is CCN1CCC(c2cn(O)nc2Cc2ccc3ccccc3c2)CC1. The fraction of sp³-hybridized carbons (Fsp3) is 0.381. The van der Waals surface area contributed by atoms with Crippen LogP contribution in [0.5, 0.6) is 0 Å². The van der Waals surface area contributed by atoms with Crippen molar-refractivity contribution in [3.63, 3.8) is 0 Å². The van der Waals surface area contributed by atoms with Crippen LogP contribution in [0.1, 0.15) is 42.5 Å². The van der Waals surface area contributed by atoms with E-state index in [0.29, 0.717) is 5.92 Å². The van der Waals surface area contributed by atoms with Gasteiger partial charge < -0.3 is 10.1 Å². The van der Waals surface area contributed by atoms with E-state index in [1.165, 1.54) is 21.9 Å². The van der Waals surface area contributed by atoms with E-state index >= 15 is 0 Å². The summed E-state index contributed by atoms with van der Waals surface area (Å²) in [4.78, 5) is 3.49. The summed E-state index contributed by atoms with van der Waals surface area (Å²) in [6.07, 6.45) is 4.86. The zero-order valence-electron chi connectivity index (χ0n) is 14.7. The predicted octanol–water partition coefficient (Wildman–Crippen LogP) is 4.06. The summed E-state index contributed by atoms with van der Waals surface area (Å²) in [6.45, 7) is 5.60. The molecule has 1 N–H and O–H groups in total. The van der Waals surface area contributed by atoms with E-state index in [0.717, 1.165) is 49.4 Å². The first-order valence-electron chi connectivity index (χ1n) is 9.20. The molecule has 1 aliphatic heterocycles. The third-order valence-corrected chi connectivity index (χ3v) is 5.47. The number of fused-ring (bicyclic) bond motifs is 1. The summed E-state index contributed by atoms with van der Waals surface area (Å²) in [5, 5.41) is 16.8. The van der Waals surface area contributed by atoms with Crippen LogP contribution in [-0.2, 0) is 6.42 Å². The number of hydrogen-bond donors (Lipinski definition) is 1. The van der Waals surface area contributed by atoms with Crippen LogP contribution >= 0.6 is 0 Å². The Balaban J connectivity index is 1.58. The molecule has 4 heteroatoms. The number of benzene rings is 2. The molecule has 0 amide bonds. The van der Waals surface area contributed by atoms with E-state index in [9.17, 15) is 5.21 Å². The molecule has 2 heterocycles. The second kappa shape index (κ2) is 6.89. The monoisotopic (exact) mass is 335 g/mol. The average Bonchev–Trinajstić information content (AvgIpc) is 3.02. The van der Waals surface area contributed by atoms with Crippen molar-refractivity contribution in [3.05, 3.63) is 65.5 Å². The molecule has 130 valence electrons. The molecule has 2 aromatic carbocycles. The molecule has 1 aromatic heterocycles. The van der Waals surface area contributed by atoms with Gasteiger partial charge in [-0.25, -0.2) is 0 Å². The van der Waals surface area contributed by atoms with Crippen LogP contribution in [-0.4, -0.2) is 39.7 Å².